The van der Waals surface area contributed by atoms with Crippen molar-refractivity contribution in [3.05, 3.63) is 258 Å². The fraction of sp³-hybridized carbons (Fsp3) is 0.233. The lowest BCUT2D eigenvalue weighted by Crippen LogP contribution is -2.67. The molecule has 0 heterocycles. The molecule has 30 nitrogen and oxygen atoms in total. The first-order valence-corrected chi connectivity index (χ1v) is 32.6. The van der Waals surface area contributed by atoms with Gasteiger partial charge in [-0.2, -0.15) is 0 Å². The van der Waals surface area contributed by atoms with Gasteiger partial charge in [0.15, 0.2) is 6.61 Å². The first-order valence-electron chi connectivity index (χ1n) is 31.2. The predicted molar refractivity (Wildman–Crippen MR) is 367 cm³/mol. The fourth-order valence-electron chi connectivity index (χ4n) is 8.06. The number of carboxylic acid groups (broad SMARTS) is 4. The number of benzene rings is 7. The van der Waals surface area contributed by atoms with Gasteiger partial charge in [0.2, 0.25) is 6.04 Å². The van der Waals surface area contributed by atoms with E-state index in [2.05, 4.69) is 29.5 Å². The lowest BCUT2D eigenvalue weighted by Gasteiger charge is -2.21. The van der Waals surface area contributed by atoms with Crippen LogP contribution in [0.25, 0.3) is 0 Å². The van der Waals surface area contributed by atoms with E-state index in [-0.39, 0.29) is 56.9 Å². The van der Waals surface area contributed by atoms with Crippen LogP contribution in [-0.2, 0) is 126 Å². The van der Waals surface area contributed by atoms with Crippen LogP contribution in [0.5, 0.6) is 0 Å². The number of esters is 6. The summed E-state index contributed by atoms with van der Waals surface area (Å²) in [4.78, 5) is 142. The lowest BCUT2D eigenvalue weighted by molar-refractivity contribution is -0.413. The quantitative estimate of drug-likeness (QED) is 0.0105. The van der Waals surface area contributed by atoms with Crippen LogP contribution in [0.3, 0.4) is 0 Å². The molecule has 552 valence electrons. The van der Waals surface area contributed by atoms with Crippen molar-refractivity contribution in [1.82, 2.24) is 21.3 Å². The molecule has 0 radical (unpaired) electrons. The molecule has 0 saturated carbocycles. The minimum absolute atomic E-state index is 0.0436. The van der Waals surface area contributed by atoms with E-state index in [9.17, 15) is 70.5 Å². The van der Waals surface area contributed by atoms with Gasteiger partial charge in [0.25, 0.3) is 0 Å². The van der Waals surface area contributed by atoms with Gasteiger partial charge in [0.05, 0.1) is 37.0 Å². The Bertz CT molecular complexity index is 3820. The van der Waals surface area contributed by atoms with Crippen LogP contribution in [0.15, 0.2) is 224 Å². The third-order valence-electron chi connectivity index (χ3n) is 13.3. The van der Waals surface area contributed by atoms with Crippen LogP contribution in [0, 0.1) is 6.92 Å². The van der Waals surface area contributed by atoms with Crippen molar-refractivity contribution in [2.24, 2.45) is 0 Å². The number of aliphatic carboxylic acids is 4. The van der Waals surface area contributed by atoms with E-state index in [1.54, 1.807) is 120 Å². The molecule has 0 bridgehead atoms. The number of aryl methyl sites for hydroxylation is 1. The molecule has 0 unspecified atom stereocenters. The smallest absolute Gasteiger partial charge is 0.368 e. The molecule has 4 amide bonds. The van der Waals surface area contributed by atoms with Crippen LogP contribution >= 0.6 is 0 Å². The second-order valence-electron chi connectivity index (χ2n) is 21.6. The highest BCUT2D eigenvalue weighted by Gasteiger charge is 2.32. The van der Waals surface area contributed by atoms with E-state index >= 15 is 0 Å². The number of quaternary nitrogens is 1. The van der Waals surface area contributed by atoms with Crippen molar-refractivity contribution in [3.63, 3.8) is 0 Å². The number of amides is 4. The molecule has 0 aromatic heterocycles. The zero-order valence-electron chi connectivity index (χ0n) is 56.2. The Morgan fingerprint density at radius 3 is 0.952 bits per heavy atom. The van der Waals surface area contributed by atoms with Gasteiger partial charge in [-0.15, -0.1) is 13.2 Å². The Hall–Kier alpha value is -12.6. The van der Waals surface area contributed by atoms with E-state index in [0.29, 0.717) is 11.1 Å². The van der Waals surface area contributed by atoms with E-state index in [0.717, 1.165) is 27.8 Å². The molecule has 7 rings (SSSR count). The molecule has 0 spiro atoms. The van der Waals surface area contributed by atoms with Gasteiger partial charge in [0, 0.05) is 0 Å². The van der Waals surface area contributed by atoms with Gasteiger partial charge < -0.3 is 80.4 Å². The number of carboxylic acids is 4. The van der Waals surface area contributed by atoms with Gasteiger partial charge in [0.1, 0.15) is 67.3 Å². The Labute approximate surface area is 597 Å². The molecule has 7 aromatic rings. The van der Waals surface area contributed by atoms with E-state index in [4.69, 9.17) is 48.8 Å². The molecular weight excluding hydrogens is 1380 g/mol. The Kier molecular flexibility index (Phi) is 39.1. The first kappa shape index (κ1) is 85.6. The van der Waals surface area contributed by atoms with Gasteiger partial charge in [-0.25, -0.2) is 42.0 Å². The summed E-state index contributed by atoms with van der Waals surface area (Å²) < 4.78 is 62.8. The number of ether oxygens (including phenoxy) is 6. The van der Waals surface area contributed by atoms with Crippen LogP contribution in [0.4, 0.5) is 9.59 Å². The van der Waals surface area contributed by atoms with Crippen LogP contribution in [0.1, 0.15) is 64.6 Å². The number of rotatable bonds is 32. The van der Waals surface area contributed by atoms with Gasteiger partial charge >= 0.3 is 71.8 Å². The predicted octanol–water partition coefficient (Wildman–Crippen LogP) is 5.75. The highest BCUT2D eigenvalue weighted by molar-refractivity contribution is 7.85. The highest BCUT2D eigenvalue weighted by Crippen LogP contribution is 2.13. The van der Waals surface area contributed by atoms with Crippen molar-refractivity contribution >= 4 is 81.9 Å². The third-order valence-corrected chi connectivity index (χ3v) is 14.2. The van der Waals surface area contributed by atoms with Gasteiger partial charge in [-0.3, -0.25) is 24.0 Å². The van der Waals surface area contributed by atoms with Crippen molar-refractivity contribution in [1.29, 1.82) is 0 Å². The number of carbonyl (C=O) groups excluding carboxylic acids is 8. The summed E-state index contributed by atoms with van der Waals surface area (Å²) in [7, 11) is -4.27. The fourth-order valence-corrected chi connectivity index (χ4v) is 8.53. The molecule has 0 fully saturated rings. The number of hydrogen-bond acceptors (Lipinski definition) is 21. The summed E-state index contributed by atoms with van der Waals surface area (Å²) in [5.41, 5.74) is 9.21. The largest absolute Gasteiger partial charge is 0.744 e. The van der Waals surface area contributed by atoms with Gasteiger partial charge in [-0.05, 0) is 52.4 Å². The second-order valence-corrected chi connectivity index (χ2v) is 23.0. The Balaban J connectivity index is 0.000000414. The molecule has 31 heteroatoms. The van der Waals surface area contributed by atoms with Crippen LogP contribution < -0.4 is 27.0 Å². The third kappa shape index (κ3) is 37.0. The van der Waals surface area contributed by atoms with Crippen molar-refractivity contribution in [2.75, 3.05) is 6.61 Å². The maximum atomic E-state index is 13.2. The molecule has 11 N–H and O–H groups in total. The van der Waals surface area contributed by atoms with Crippen LogP contribution in [0.2, 0.25) is 0 Å². The molecule has 0 aliphatic heterocycles. The summed E-state index contributed by atoms with van der Waals surface area (Å²) >= 11 is 0. The first-order chi connectivity index (χ1) is 49.6. The maximum absolute atomic E-state index is 13.2. The topological polar surface area (TPSA) is 474 Å². The molecular formula is C73H79N5O25S. The SMILES string of the molecule is C=C.Cc1ccc(S(=O)(=O)[O-])cc1.O=C(N[C@@H](CC(=O)OCc1ccccc1)C(=O)OCc1ccccc1)N[C@@H](CC(=O)OCc1ccccc1)C(=O)OCc1ccccc1.O=C(O)C[C@H](NC(=O)N[C@@H](CC(=O)O)C(=O)O)C(=O)O.[NH3+][C@@H](COC(=O)Cc1ccccc1)C(=O)OCc1ccccc1. The summed E-state index contributed by atoms with van der Waals surface area (Å²) in [6.07, 6.45) is -2.78. The number of carbonyl (C=O) groups is 12. The molecule has 0 aliphatic carbocycles. The number of hydrogen-bond donors (Lipinski definition) is 9. The maximum Gasteiger partial charge on any atom is 0.368 e. The van der Waals surface area contributed by atoms with E-state index in [1.165, 1.54) is 12.1 Å². The van der Waals surface area contributed by atoms with Crippen molar-refractivity contribution < 1.29 is 125 Å². The molecule has 7 aromatic carbocycles. The monoisotopic (exact) mass is 1460 g/mol. The second kappa shape index (κ2) is 47.4. The summed E-state index contributed by atoms with van der Waals surface area (Å²) in [5.74, 6) is -10.5. The summed E-state index contributed by atoms with van der Waals surface area (Å²) in [5, 5.41) is 42.4. The van der Waals surface area contributed by atoms with Crippen molar-refractivity contribution in [2.45, 2.75) is 107 Å². The standard InChI is InChI=1S/C37H36N2O9.C18H19NO4.C9H12N2O9.C7H8O3S.C2H4/c40-33(45-23-27-13-5-1-6-14-27)21-31(35(42)47-25-29-17-9-3-10-18-29)38-37(44)39-32(36(43)48-26-30-19-11-4-12-20-30)22-34(41)46-24-28-15-7-2-8-16-28;19-16(18(21)23-12-15-9-5-2-6-10-15)13-22-17(20)11-14-7-3-1-4-8-14;12-5(13)1-3(7(16)17)10-9(20)11-4(8(18)19)2-6(14)15;1-6-2-4-7(5-3-6)11(8,9)10;1-2/h1-20,31-32H,21-26H2,(H2,38,39,44);1-10,16H,11-13,19H2;3-4H,1-2H2,(H,12,13)(H,14,15)(H,16,17)(H,18,19)(H2,10,11,20);2-5H,1H3,(H,8,9,10);1-2H2/t31-,32-;16-;3-,4-;;/m000../s1. The number of nitrogens with one attached hydrogen (secondary N) is 4. The Morgan fingerprint density at radius 2 is 0.663 bits per heavy atom. The summed E-state index contributed by atoms with van der Waals surface area (Å²) in [6, 6.07) is 50.4. The normalized spacial score (nSPS) is 11.6. The molecule has 104 heavy (non-hydrogen) atoms. The van der Waals surface area contributed by atoms with E-state index in [1.807, 2.05) is 91.9 Å². The molecule has 5 atom stereocenters. The zero-order valence-corrected chi connectivity index (χ0v) is 57.0. The van der Waals surface area contributed by atoms with Crippen LogP contribution in [-0.4, -0.2) is 142 Å². The number of urea groups is 2. The van der Waals surface area contributed by atoms with E-state index < -0.39 is 132 Å². The Morgan fingerprint density at radius 1 is 0.385 bits per heavy atom. The zero-order chi connectivity index (χ0) is 76.8. The minimum atomic E-state index is -4.27. The molecule has 0 aliphatic rings. The van der Waals surface area contributed by atoms with Crippen molar-refractivity contribution in [3.8, 4) is 0 Å². The summed E-state index contributed by atoms with van der Waals surface area (Å²) in [6.45, 7) is 7.61. The lowest BCUT2D eigenvalue weighted by atomic mass is 10.2. The molecule has 0 saturated heterocycles. The average molecular weight is 1460 g/mol. The van der Waals surface area contributed by atoms with Gasteiger partial charge in [-0.1, -0.05) is 200 Å². The average Bonchev–Trinajstić information content (AvgIpc) is 0.874. The highest BCUT2D eigenvalue weighted by atomic mass is 32.2. The minimum Gasteiger partial charge on any atom is -0.744 e.